The van der Waals surface area contributed by atoms with Crippen LogP contribution in [0.25, 0.3) is 0 Å². The van der Waals surface area contributed by atoms with Gasteiger partial charge in [-0.05, 0) is 12.1 Å². The molecule has 2 N–H and O–H groups in total. The number of hydrogen-bond donors (Lipinski definition) is 2. The number of aromatic hydroxyl groups is 1. The van der Waals surface area contributed by atoms with E-state index in [1.54, 1.807) is 0 Å². The predicted molar refractivity (Wildman–Crippen MR) is 40.0 cm³/mol. The van der Waals surface area contributed by atoms with Gasteiger partial charge in [0, 0.05) is 6.20 Å². The van der Waals surface area contributed by atoms with Gasteiger partial charge in [0.2, 0.25) is 5.88 Å². The number of carbonyl (C=O) groups is 1. The fourth-order valence-electron chi connectivity index (χ4n) is 0.564. The SMILES string of the molecule is O=C(O)c1cccnc1O.[NaH]. The number of carboxylic acid groups (broad SMARTS) is 1. The summed E-state index contributed by atoms with van der Waals surface area (Å²) in [6.07, 6.45) is 1.32. The molecule has 1 rings (SSSR count). The summed E-state index contributed by atoms with van der Waals surface area (Å²) in [4.78, 5) is 13.6. The number of nitrogens with zero attached hydrogens (tertiary/aromatic N) is 1. The first-order chi connectivity index (χ1) is 4.72. The third kappa shape index (κ3) is 2.49. The molecular formula is C6H6NNaO3. The second-order valence-corrected chi connectivity index (χ2v) is 1.68. The summed E-state index contributed by atoms with van der Waals surface area (Å²) >= 11 is 0. The van der Waals surface area contributed by atoms with Crippen molar-refractivity contribution in [1.29, 1.82) is 0 Å². The van der Waals surface area contributed by atoms with Crippen LogP contribution in [0.15, 0.2) is 18.3 Å². The van der Waals surface area contributed by atoms with Gasteiger partial charge in [0.05, 0.1) is 0 Å². The molecular weight excluding hydrogens is 157 g/mol. The van der Waals surface area contributed by atoms with Crippen molar-refractivity contribution in [2.24, 2.45) is 0 Å². The number of rotatable bonds is 1. The van der Waals surface area contributed by atoms with Crippen LogP contribution in [-0.2, 0) is 0 Å². The second kappa shape index (κ2) is 4.33. The van der Waals surface area contributed by atoms with Gasteiger partial charge in [-0.2, -0.15) is 0 Å². The molecule has 0 spiro atoms. The molecule has 1 aromatic heterocycles. The fourth-order valence-corrected chi connectivity index (χ4v) is 0.564. The zero-order valence-electron chi connectivity index (χ0n) is 4.98. The van der Waals surface area contributed by atoms with E-state index in [0.29, 0.717) is 0 Å². The van der Waals surface area contributed by atoms with Crippen LogP contribution in [0.5, 0.6) is 5.88 Å². The predicted octanol–water partition coefficient (Wildman–Crippen LogP) is -0.163. The first-order valence-corrected chi connectivity index (χ1v) is 2.59. The van der Waals surface area contributed by atoms with Gasteiger partial charge in [0.25, 0.3) is 0 Å². The van der Waals surface area contributed by atoms with Crippen molar-refractivity contribution in [3.05, 3.63) is 23.9 Å². The van der Waals surface area contributed by atoms with Gasteiger partial charge in [0.1, 0.15) is 5.56 Å². The number of aromatic nitrogens is 1. The number of aromatic carboxylic acids is 1. The molecule has 1 heterocycles. The van der Waals surface area contributed by atoms with Crippen molar-refractivity contribution in [2.45, 2.75) is 0 Å². The quantitative estimate of drug-likeness (QED) is 0.564. The van der Waals surface area contributed by atoms with E-state index < -0.39 is 11.8 Å². The Kier molecular flexibility index (Phi) is 4.10. The van der Waals surface area contributed by atoms with E-state index in [-0.39, 0.29) is 35.1 Å². The Labute approximate surface area is 85.2 Å². The normalized spacial score (nSPS) is 8.36. The standard InChI is InChI=1S/C6H5NO3.Na.H/c8-5-4(6(9)10)2-1-3-7-5;;/h1-3H,(H,7,8)(H,9,10);;. The third-order valence-electron chi connectivity index (χ3n) is 1.02. The molecule has 0 bridgehead atoms. The van der Waals surface area contributed by atoms with Crippen LogP contribution in [0.3, 0.4) is 0 Å². The molecule has 0 aliphatic rings. The second-order valence-electron chi connectivity index (χ2n) is 1.68. The van der Waals surface area contributed by atoms with Gasteiger partial charge in [-0.25, -0.2) is 9.78 Å². The Morgan fingerprint density at radius 3 is 2.55 bits per heavy atom. The number of hydrogen-bond acceptors (Lipinski definition) is 3. The summed E-state index contributed by atoms with van der Waals surface area (Å²) in [6.45, 7) is 0. The van der Waals surface area contributed by atoms with E-state index in [1.165, 1.54) is 18.3 Å². The summed E-state index contributed by atoms with van der Waals surface area (Å²) in [7, 11) is 0. The van der Waals surface area contributed by atoms with E-state index in [9.17, 15) is 4.79 Å². The molecule has 0 radical (unpaired) electrons. The van der Waals surface area contributed by atoms with E-state index in [1.807, 2.05) is 0 Å². The summed E-state index contributed by atoms with van der Waals surface area (Å²) in [5, 5.41) is 17.2. The van der Waals surface area contributed by atoms with Crippen LogP contribution < -0.4 is 0 Å². The average Bonchev–Trinajstić information content (AvgIpc) is 1.88. The van der Waals surface area contributed by atoms with E-state index in [2.05, 4.69) is 4.98 Å². The van der Waals surface area contributed by atoms with Crippen LogP contribution in [0.2, 0.25) is 0 Å². The molecule has 0 saturated carbocycles. The molecule has 0 aromatic carbocycles. The monoisotopic (exact) mass is 163 g/mol. The van der Waals surface area contributed by atoms with Crippen molar-refractivity contribution in [3.8, 4) is 5.88 Å². The molecule has 0 unspecified atom stereocenters. The molecule has 4 nitrogen and oxygen atoms in total. The summed E-state index contributed by atoms with van der Waals surface area (Å²) in [5.74, 6) is -1.62. The Morgan fingerprint density at radius 2 is 2.18 bits per heavy atom. The summed E-state index contributed by atoms with van der Waals surface area (Å²) < 4.78 is 0. The zero-order valence-corrected chi connectivity index (χ0v) is 4.98. The number of carboxylic acids is 1. The maximum absolute atomic E-state index is 10.2. The minimum atomic E-state index is -1.18. The Hall–Kier alpha value is -0.580. The van der Waals surface area contributed by atoms with E-state index in [0.717, 1.165) is 0 Å². The van der Waals surface area contributed by atoms with Crippen molar-refractivity contribution in [1.82, 2.24) is 4.98 Å². The Morgan fingerprint density at radius 1 is 1.55 bits per heavy atom. The molecule has 11 heavy (non-hydrogen) atoms. The minimum absolute atomic E-state index is 0. The first kappa shape index (κ1) is 10.4. The van der Waals surface area contributed by atoms with E-state index in [4.69, 9.17) is 10.2 Å². The Balaban J connectivity index is 0.000001000. The zero-order chi connectivity index (χ0) is 7.56. The third-order valence-corrected chi connectivity index (χ3v) is 1.02. The molecule has 5 heteroatoms. The van der Waals surface area contributed by atoms with Gasteiger partial charge in [-0.15, -0.1) is 0 Å². The molecule has 54 valence electrons. The van der Waals surface area contributed by atoms with Gasteiger partial charge in [0.15, 0.2) is 0 Å². The van der Waals surface area contributed by atoms with Gasteiger partial charge in [-0.3, -0.25) is 0 Å². The van der Waals surface area contributed by atoms with Gasteiger partial charge in [-0.1, -0.05) is 0 Å². The average molecular weight is 163 g/mol. The van der Waals surface area contributed by atoms with E-state index >= 15 is 0 Å². The maximum atomic E-state index is 10.2. The van der Waals surface area contributed by atoms with Crippen LogP contribution in [0, 0.1) is 0 Å². The molecule has 0 fully saturated rings. The summed E-state index contributed by atoms with van der Waals surface area (Å²) in [6, 6.07) is 2.73. The van der Waals surface area contributed by atoms with Crippen molar-refractivity contribution in [2.75, 3.05) is 0 Å². The summed E-state index contributed by atoms with van der Waals surface area (Å²) in [5.41, 5.74) is -0.178. The molecule has 1 aromatic rings. The molecule has 0 aliphatic carbocycles. The fraction of sp³-hybridized carbons (Fsp3) is 0. The number of pyridine rings is 1. The molecule has 0 aliphatic heterocycles. The van der Waals surface area contributed by atoms with Crippen LogP contribution >= 0.6 is 0 Å². The molecule has 0 saturated heterocycles. The van der Waals surface area contributed by atoms with Crippen molar-refractivity contribution < 1.29 is 15.0 Å². The van der Waals surface area contributed by atoms with Gasteiger partial charge >= 0.3 is 35.5 Å². The van der Waals surface area contributed by atoms with Gasteiger partial charge < -0.3 is 10.2 Å². The Bertz CT molecular complexity index is 264. The van der Waals surface area contributed by atoms with Crippen LogP contribution in [-0.4, -0.2) is 50.7 Å². The molecule has 0 amide bonds. The first-order valence-electron chi connectivity index (χ1n) is 2.59. The van der Waals surface area contributed by atoms with Crippen molar-refractivity contribution in [3.63, 3.8) is 0 Å². The molecule has 0 atom stereocenters. The van der Waals surface area contributed by atoms with Crippen molar-refractivity contribution >= 4 is 35.5 Å². The van der Waals surface area contributed by atoms with Crippen LogP contribution in [0.4, 0.5) is 0 Å². The van der Waals surface area contributed by atoms with Crippen LogP contribution in [0.1, 0.15) is 10.4 Å². The topological polar surface area (TPSA) is 70.4 Å².